The van der Waals surface area contributed by atoms with Crippen molar-refractivity contribution in [2.75, 3.05) is 36.8 Å². The van der Waals surface area contributed by atoms with Crippen LogP contribution in [0.3, 0.4) is 0 Å². The van der Waals surface area contributed by atoms with Crippen LogP contribution in [0.25, 0.3) is 11.6 Å². The van der Waals surface area contributed by atoms with E-state index in [9.17, 15) is 14.4 Å². The highest BCUT2D eigenvalue weighted by Crippen LogP contribution is 2.35. The summed E-state index contributed by atoms with van der Waals surface area (Å²) in [6, 6.07) is 6.09. The van der Waals surface area contributed by atoms with E-state index in [1.165, 1.54) is 19.3 Å². The Morgan fingerprint density at radius 2 is 1.97 bits per heavy atom. The molecule has 4 rings (SSSR count). The number of piperidine rings is 1. The van der Waals surface area contributed by atoms with Crippen molar-refractivity contribution in [1.82, 2.24) is 15.2 Å². The predicted molar refractivity (Wildman–Crippen MR) is 124 cm³/mol. The lowest BCUT2D eigenvalue weighted by Crippen LogP contribution is -2.33. The van der Waals surface area contributed by atoms with Crippen molar-refractivity contribution in [2.24, 2.45) is 5.73 Å². The summed E-state index contributed by atoms with van der Waals surface area (Å²) in [4.78, 5) is 41.5. The maximum Gasteiger partial charge on any atom is 0.316 e. The molecule has 3 heterocycles. The molecule has 4 amide bonds. The molecular weight excluding hydrogens is 408 g/mol. The van der Waals surface area contributed by atoms with Gasteiger partial charge in [0.1, 0.15) is 0 Å². The second-order valence-electron chi connectivity index (χ2n) is 8.12. The lowest BCUT2D eigenvalue weighted by molar-refractivity contribution is -0.110. The van der Waals surface area contributed by atoms with Crippen LogP contribution in [0.15, 0.2) is 30.5 Å². The van der Waals surface area contributed by atoms with Gasteiger partial charge in [0.25, 0.3) is 11.8 Å². The van der Waals surface area contributed by atoms with E-state index in [0.29, 0.717) is 40.3 Å². The van der Waals surface area contributed by atoms with E-state index in [4.69, 9.17) is 5.73 Å². The van der Waals surface area contributed by atoms with Crippen LogP contribution in [0.1, 0.15) is 47.3 Å². The molecular formula is C23H28N6O3. The summed E-state index contributed by atoms with van der Waals surface area (Å²) in [5, 5.41) is 8.26. The molecule has 1 aromatic heterocycles. The van der Waals surface area contributed by atoms with Gasteiger partial charge in [-0.1, -0.05) is 6.42 Å². The number of rotatable bonds is 7. The number of hydrogen-bond acceptors (Lipinski definition) is 4. The molecule has 0 aliphatic carbocycles. The fraction of sp³-hybridized carbons (Fsp3) is 0.348. The van der Waals surface area contributed by atoms with E-state index in [1.54, 1.807) is 36.5 Å². The minimum Gasteiger partial charge on any atom is -0.361 e. The number of H-pyrrole nitrogens is 1. The first-order chi connectivity index (χ1) is 15.5. The topological polar surface area (TPSA) is 132 Å². The smallest absolute Gasteiger partial charge is 0.316 e. The van der Waals surface area contributed by atoms with Crippen LogP contribution in [0.2, 0.25) is 0 Å². The van der Waals surface area contributed by atoms with Crippen molar-refractivity contribution in [3.05, 3.63) is 47.3 Å². The van der Waals surface area contributed by atoms with Gasteiger partial charge in [0.15, 0.2) is 0 Å². The van der Waals surface area contributed by atoms with Crippen LogP contribution in [0, 0.1) is 0 Å². The molecule has 1 aromatic carbocycles. The number of nitrogens with two attached hydrogens (primary N) is 1. The summed E-state index contributed by atoms with van der Waals surface area (Å²) < 4.78 is 0. The maximum atomic E-state index is 12.5. The molecule has 2 aromatic rings. The van der Waals surface area contributed by atoms with Crippen LogP contribution in [-0.4, -0.2) is 53.9 Å². The lowest BCUT2D eigenvalue weighted by Gasteiger charge is -2.26. The number of urea groups is 1. The van der Waals surface area contributed by atoms with Gasteiger partial charge in [0.05, 0.1) is 11.1 Å². The molecule has 6 N–H and O–H groups in total. The molecule has 0 bridgehead atoms. The Hall–Kier alpha value is -3.59. The molecule has 2 aliphatic rings. The van der Waals surface area contributed by atoms with E-state index < -0.39 is 6.03 Å². The first-order valence-electron chi connectivity index (χ1n) is 10.9. The van der Waals surface area contributed by atoms with Crippen LogP contribution in [0.5, 0.6) is 0 Å². The van der Waals surface area contributed by atoms with Crippen molar-refractivity contribution >= 4 is 40.9 Å². The zero-order chi connectivity index (χ0) is 22.5. The number of benzene rings is 1. The SMILES string of the molecule is NC(=O)Nc1ccc2c(c1)/C(=C/c1cc(C(=O)NCCCN3CCCCC3)c[nH]1)C(=O)N2. The van der Waals surface area contributed by atoms with Gasteiger partial charge in [-0.25, -0.2) is 4.79 Å². The molecule has 168 valence electrons. The van der Waals surface area contributed by atoms with Crippen molar-refractivity contribution in [3.8, 4) is 0 Å². The van der Waals surface area contributed by atoms with Gasteiger partial charge in [-0.05, 0) is 69.2 Å². The molecule has 0 saturated carbocycles. The number of carbonyl (C=O) groups is 3. The molecule has 0 atom stereocenters. The van der Waals surface area contributed by atoms with Crippen molar-refractivity contribution in [3.63, 3.8) is 0 Å². The number of likely N-dealkylation sites (tertiary alicyclic amines) is 1. The number of nitrogens with one attached hydrogen (secondary N) is 4. The minimum atomic E-state index is -0.677. The predicted octanol–water partition coefficient (Wildman–Crippen LogP) is 2.60. The third-order valence-electron chi connectivity index (χ3n) is 5.72. The zero-order valence-electron chi connectivity index (χ0n) is 17.9. The number of hydrogen-bond donors (Lipinski definition) is 5. The molecule has 0 radical (unpaired) electrons. The van der Waals surface area contributed by atoms with Crippen LogP contribution in [0.4, 0.5) is 16.2 Å². The monoisotopic (exact) mass is 436 g/mol. The average molecular weight is 437 g/mol. The fourth-order valence-electron chi connectivity index (χ4n) is 4.12. The van der Waals surface area contributed by atoms with E-state index >= 15 is 0 Å². The molecule has 32 heavy (non-hydrogen) atoms. The highest BCUT2D eigenvalue weighted by molar-refractivity contribution is 6.35. The van der Waals surface area contributed by atoms with Gasteiger partial charge in [0, 0.05) is 35.4 Å². The normalized spacial score (nSPS) is 17.1. The Morgan fingerprint density at radius 1 is 1.16 bits per heavy atom. The summed E-state index contributed by atoms with van der Waals surface area (Å²) in [5.41, 5.74) is 8.55. The molecule has 2 aliphatic heterocycles. The van der Waals surface area contributed by atoms with Gasteiger partial charge < -0.3 is 31.6 Å². The lowest BCUT2D eigenvalue weighted by atomic mass is 10.1. The molecule has 9 nitrogen and oxygen atoms in total. The number of carbonyl (C=O) groups excluding carboxylic acids is 3. The average Bonchev–Trinajstić information content (AvgIpc) is 3.36. The third-order valence-corrected chi connectivity index (χ3v) is 5.72. The van der Waals surface area contributed by atoms with Gasteiger partial charge in [0.2, 0.25) is 0 Å². The van der Waals surface area contributed by atoms with E-state index in [-0.39, 0.29) is 11.8 Å². The first kappa shape index (κ1) is 21.6. The summed E-state index contributed by atoms with van der Waals surface area (Å²) in [7, 11) is 0. The Balaban J connectivity index is 1.37. The molecule has 0 unspecified atom stereocenters. The minimum absolute atomic E-state index is 0.145. The Labute approximate surface area is 186 Å². The van der Waals surface area contributed by atoms with E-state index in [1.807, 2.05) is 0 Å². The number of amides is 4. The van der Waals surface area contributed by atoms with Crippen LogP contribution >= 0.6 is 0 Å². The molecule has 1 fully saturated rings. The van der Waals surface area contributed by atoms with Gasteiger partial charge >= 0.3 is 6.03 Å². The Kier molecular flexibility index (Phi) is 6.55. The van der Waals surface area contributed by atoms with Crippen molar-refractivity contribution in [2.45, 2.75) is 25.7 Å². The molecule has 1 saturated heterocycles. The van der Waals surface area contributed by atoms with Crippen LogP contribution < -0.4 is 21.7 Å². The Morgan fingerprint density at radius 3 is 2.75 bits per heavy atom. The largest absolute Gasteiger partial charge is 0.361 e. The fourth-order valence-corrected chi connectivity index (χ4v) is 4.12. The number of anilines is 2. The summed E-state index contributed by atoms with van der Waals surface area (Å²) in [6.45, 7) is 3.94. The van der Waals surface area contributed by atoms with Crippen molar-refractivity contribution in [1.29, 1.82) is 0 Å². The standard InChI is InChI=1S/C23H28N6O3/c24-23(32)27-16-5-6-20-18(12-16)19(22(31)28-20)13-17-11-15(14-26-17)21(30)25-7-4-10-29-8-2-1-3-9-29/h5-6,11-14,26H,1-4,7-10H2,(H,25,30)(H,28,31)(H3,24,27,32)/b19-13-. The summed E-state index contributed by atoms with van der Waals surface area (Å²) >= 11 is 0. The van der Waals surface area contributed by atoms with E-state index in [0.717, 1.165) is 26.1 Å². The third kappa shape index (κ3) is 5.17. The quantitative estimate of drug-likeness (QED) is 0.337. The highest BCUT2D eigenvalue weighted by atomic mass is 16.2. The number of fused-ring (bicyclic) bond motifs is 1. The zero-order valence-corrected chi connectivity index (χ0v) is 17.9. The highest BCUT2D eigenvalue weighted by Gasteiger charge is 2.25. The number of aromatic nitrogens is 1. The van der Waals surface area contributed by atoms with Gasteiger partial charge in [-0.15, -0.1) is 0 Å². The Bertz CT molecular complexity index is 1050. The van der Waals surface area contributed by atoms with Crippen LogP contribution in [-0.2, 0) is 4.79 Å². The van der Waals surface area contributed by atoms with Gasteiger partial charge in [-0.2, -0.15) is 0 Å². The van der Waals surface area contributed by atoms with E-state index in [2.05, 4.69) is 25.8 Å². The second-order valence-corrected chi connectivity index (χ2v) is 8.12. The van der Waals surface area contributed by atoms with Crippen molar-refractivity contribution < 1.29 is 14.4 Å². The summed E-state index contributed by atoms with van der Waals surface area (Å²) in [6.07, 6.45) is 8.08. The number of nitrogens with zero attached hydrogens (tertiary/aromatic N) is 1. The first-order valence-corrected chi connectivity index (χ1v) is 10.9. The number of primary amides is 1. The molecule has 0 spiro atoms. The summed E-state index contributed by atoms with van der Waals surface area (Å²) in [5.74, 6) is -0.400. The van der Waals surface area contributed by atoms with Gasteiger partial charge in [-0.3, -0.25) is 9.59 Å². The second kappa shape index (κ2) is 9.69. The molecule has 9 heteroatoms. The number of aromatic amines is 1. The maximum absolute atomic E-state index is 12.5.